The van der Waals surface area contributed by atoms with E-state index in [4.69, 9.17) is 0 Å². The van der Waals surface area contributed by atoms with Gasteiger partial charge in [-0.2, -0.15) is 0 Å². The van der Waals surface area contributed by atoms with Gasteiger partial charge in [0.15, 0.2) is 0 Å². The smallest absolute Gasteiger partial charge is 0.323 e. The average Bonchev–Trinajstić information content (AvgIpc) is 2.81. The number of urea groups is 1. The van der Waals surface area contributed by atoms with Crippen molar-refractivity contribution in [2.75, 3.05) is 16.0 Å². The molecule has 1 aromatic heterocycles. The first kappa shape index (κ1) is 21.7. The maximum atomic E-state index is 12.5. The van der Waals surface area contributed by atoms with Gasteiger partial charge in [-0.25, -0.2) is 9.48 Å². The molecule has 33 heavy (non-hydrogen) atoms. The number of rotatable bonds is 6. The van der Waals surface area contributed by atoms with Crippen molar-refractivity contribution in [3.05, 3.63) is 88.7 Å². The molecule has 0 saturated heterocycles. The molecule has 0 fully saturated rings. The number of fused-ring (bicyclic) bond motifs is 1. The molecule has 1 heterocycles. The molecule has 0 bridgehead atoms. The van der Waals surface area contributed by atoms with Crippen LogP contribution in [0, 0.1) is 6.92 Å². The summed E-state index contributed by atoms with van der Waals surface area (Å²) < 4.78 is 1.18. The second-order valence-electron chi connectivity index (χ2n) is 7.41. The molecular formula is C24H22N6O3. The Labute approximate surface area is 189 Å². The second-order valence-corrected chi connectivity index (χ2v) is 7.41. The molecule has 0 aliphatic carbocycles. The van der Waals surface area contributed by atoms with Gasteiger partial charge in [-0.15, -0.1) is 5.10 Å². The molecule has 0 atom stereocenters. The fraction of sp³-hybridized carbons (Fsp3) is 0.125. The minimum absolute atomic E-state index is 0.0402. The lowest BCUT2D eigenvalue weighted by Crippen LogP contribution is -2.26. The SMILES string of the molecule is Cc1ccc(NC(=O)Nc2ccccc2)cc1NC(=O)CCn1nnc2ccccc2c1=O. The van der Waals surface area contributed by atoms with E-state index < -0.39 is 6.03 Å². The van der Waals surface area contributed by atoms with Gasteiger partial charge in [0.05, 0.1) is 11.9 Å². The number of para-hydroxylation sites is 1. The van der Waals surface area contributed by atoms with Gasteiger partial charge in [0, 0.05) is 23.5 Å². The van der Waals surface area contributed by atoms with Crippen molar-refractivity contribution < 1.29 is 9.59 Å². The topological polar surface area (TPSA) is 118 Å². The number of benzene rings is 3. The van der Waals surface area contributed by atoms with Crippen LogP contribution in [0.1, 0.15) is 12.0 Å². The van der Waals surface area contributed by atoms with Crippen LogP contribution in [0.5, 0.6) is 0 Å². The van der Waals surface area contributed by atoms with Crippen LogP contribution in [0.3, 0.4) is 0 Å². The molecule has 3 N–H and O–H groups in total. The van der Waals surface area contributed by atoms with E-state index in [2.05, 4.69) is 26.3 Å². The zero-order valence-electron chi connectivity index (χ0n) is 17.9. The third-order valence-corrected chi connectivity index (χ3v) is 4.98. The molecule has 9 heteroatoms. The number of hydrogen-bond acceptors (Lipinski definition) is 5. The van der Waals surface area contributed by atoms with Crippen molar-refractivity contribution in [3.63, 3.8) is 0 Å². The van der Waals surface area contributed by atoms with Gasteiger partial charge < -0.3 is 16.0 Å². The lowest BCUT2D eigenvalue weighted by molar-refractivity contribution is -0.116. The summed E-state index contributed by atoms with van der Waals surface area (Å²) in [6.45, 7) is 1.95. The van der Waals surface area contributed by atoms with E-state index in [-0.39, 0.29) is 24.4 Å². The maximum absolute atomic E-state index is 12.5. The number of nitrogens with zero attached hydrogens (tertiary/aromatic N) is 3. The zero-order valence-corrected chi connectivity index (χ0v) is 17.9. The van der Waals surface area contributed by atoms with Crippen molar-refractivity contribution in [2.24, 2.45) is 0 Å². The van der Waals surface area contributed by atoms with E-state index in [0.29, 0.717) is 28.0 Å². The predicted octanol–water partition coefficient (Wildman–Crippen LogP) is 3.77. The van der Waals surface area contributed by atoms with Crippen molar-refractivity contribution in [1.29, 1.82) is 0 Å². The Hall–Kier alpha value is -4.53. The number of carbonyl (C=O) groups is 2. The molecule has 0 saturated carbocycles. The highest BCUT2D eigenvalue weighted by atomic mass is 16.2. The molecule has 4 rings (SSSR count). The van der Waals surface area contributed by atoms with E-state index in [0.717, 1.165) is 5.56 Å². The molecule has 0 radical (unpaired) electrons. The summed E-state index contributed by atoms with van der Waals surface area (Å²) in [6.07, 6.45) is 0.0402. The second kappa shape index (κ2) is 9.73. The summed E-state index contributed by atoms with van der Waals surface area (Å²) in [6, 6.07) is 20.8. The van der Waals surface area contributed by atoms with Crippen molar-refractivity contribution >= 4 is 39.9 Å². The van der Waals surface area contributed by atoms with Crippen molar-refractivity contribution in [3.8, 4) is 0 Å². The van der Waals surface area contributed by atoms with Crippen molar-refractivity contribution in [2.45, 2.75) is 19.9 Å². The predicted molar refractivity (Wildman–Crippen MR) is 127 cm³/mol. The van der Waals surface area contributed by atoms with Crippen molar-refractivity contribution in [1.82, 2.24) is 15.0 Å². The van der Waals surface area contributed by atoms with Gasteiger partial charge in [-0.05, 0) is 48.9 Å². The van der Waals surface area contributed by atoms with Crippen LogP contribution in [0.25, 0.3) is 10.9 Å². The van der Waals surface area contributed by atoms with E-state index in [1.54, 1.807) is 54.6 Å². The average molecular weight is 442 g/mol. The Balaban J connectivity index is 1.38. The highest BCUT2D eigenvalue weighted by Crippen LogP contribution is 2.21. The number of amides is 3. The van der Waals surface area contributed by atoms with Crippen LogP contribution in [-0.4, -0.2) is 26.9 Å². The molecule has 9 nitrogen and oxygen atoms in total. The number of anilines is 3. The van der Waals surface area contributed by atoms with Gasteiger partial charge in [0.25, 0.3) is 5.56 Å². The van der Waals surface area contributed by atoms with Gasteiger partial charge >= 0.3 is 6.03 Å². The molecule has 3 aromatic carbocycles. The van der Waals surface area contributed by atoms with E-state index >= 15 is 0 Å². The first-order valence-electron chi connectivity index (χ1n) is 10.4. The number of hydrogen-bond donors (Lipinski definition) is 3. The summed E-state index contributed by atoms with van der Waals surface area (Å²) in [5, 5.41) is 16.7. The fourth-order valence-corrected chi connectivity index (χ4v) is 3.24. The molecule has 166 valence electrons. The highest BCUT2D eigenvalue weighted by Gasteiger charge is 2.10. The number of aromatic nitrogens is 3. The highest BCUT2D eigenvalue weighted by molar-refractivity contribution is 6.00. The minimum atomic E-state index is -0.392. The molecule has 0 aliphatic heterocycles. The molecule has 0 aliphatic rings. The van der Waals surface area contributed by atoms with Crippen LogP contribution in [0.15, 0.2) is 77.6 Å². The number of nitrogens with one attached hydrogen (secondary N) is 3. The maximum Gasteiger partial charge on any atom is 0.323 e. The summed E-state index contributed by atoms with van der Waals surface area (Å²) in [4.78, 5) is 37.3. The Morgan fingerprint density at radius 3 is 2.42 bits per heavy atom. The fourth-order valence-electron chi connectivity index (χ4n) is 3.24. The van der Waals surface area contributed by atoms with E-state index in [1.807, 2.05) is 25.1 Å². The minimum Gasteiger partial charge on any atom is -0.326 e. The van der Waals surface area contributed by atoms with Crippen LogP contribution in [0.4, 0.5) is 21.9 Å². The quantitative estimate of drug-likeness (QED) is 0.420. The van der Waals surface area contributed by atoms with Crippen LogP contribution in [-0.2, 0) is 11.3 Å². The summed E-state index contributed by atoms with van der Waals surface area (Å²) in [5.74, 6) is -0.286. The largest absolute Gasteiger partial charge is 0.326 e. The van der Waals surface area contributed by atoms with Gasteiger partial charge in [0.2, 0.25) is 5.91 Å². The first-order valence-corrected chi connectivity index (χ1v) is 10.4. The van der Waals surface area contributed by atoms with Gasteiger partial charge in [0.1, 0.15) is 5.52 Å². The lowest BCUT2D eigenvalue weighted by Gasteiger charge is -2.12. The van der Waals surface area contributed by atoms with Gasteiger partial charge in [-0.3, -0.25) is 9.59 Å². The summed E-state index contributed by atoms with van der Waals surface area (Å²) in [7, 11) is 0. The Bertz CT molecular complexity index is 1370. The molecular weight excluding hydrogens is 420 g/mol. The Morgan fingerprint density at radius 2 is 1.61 bits per heavy atom. The molecule has 0 spiro atoms. The first-order chi connectivity index (χ1) is 16.0. The van der Waals surface area contributed by atoms with E-state index in [9.17, 15) is 14.4 Å². The zero-order chi connectivity index (χ0) is 23.2. The third-order valence-electron chi connectivity index (χ3n) is 4.98. The lowest BCUT2D eigenvalue weighted by atomic mass is 10.1. The van der Waals surface area contributed by atoms with Crippen LogP contribution in [0.2, 0.25) is 0 Å². The van der Waals surface area contributed by atoms with Crippen LogP contribution < -0.4 is 21.5 Å². The van der Waals surface area contributed by atoms with Crippen LogP contribution >= 0.6 is 0 Å². The monoisotopic (exact) mass is 442 g/mol. The Kier molecular flexibility index (Phi) is 6.40. The summed E-state index contributed by atoms with van der Waals surface area (Å²) >= 11 is 0. The molecule has 4 aromatic rings. The number of aryl methyl sites for hydroxylation is 2. The number of carbonyl (C=O) groups excluding carboxylic acids is 2. The molecule has 0 unspecified atom stereocenters. The summed E-state index contributed by atoms with van der Waals surface area (Å²) in [5.41, 5.74) is 2.82. The third kappa shape index (κ3) is 5.40. The normalized spacial score (nSPS) is 10.6. The Morgan fingerprint density at radius 1 is 0.879 bits per heavy atom. The standard InChI is InChI=1S/C24H22N6O3/c1-16-11-12-18(26-24(33)25-17-7-3-2-4-8-17)15-21(16)27-22(31)13-14-30-23(32)19-9-5-6-10-20(19)28-29-30/h2-12,15H,13-14H2,1H3,(H,27,31)(H2,25,26,33). The van der Waals surface area contributed by atoms with Gasteiger partial charge in [-0.1, -0.05) is 41.6 Å². The van der Waals surface area contributed by atoms with E-state index in [1.165, 1.54) is 4.68 Å². The molecule has 3 amide bonds.